The van der Waals surface area contributed by atoms with Gasteiger partial charge in [0.15, 0.2) is 0 Å². The van der Waals surface area contributed by atoms with Gasteiger partial charge in [0.05, 0.1) is 17.4 Å². The molecule has 2 rings (SSSR count). The number of nitrogens with one attached hydrogen (secondary N) is 1. The van der Waals surface area contributed by atoms with E-state index in [2.05, 4.69) is 11.4 Å². The van der Waals surface area contributed by atoms with E-state index in [0.717, 1.165) is 32.1 Å². The largest absolute Gasteiger partial charge is 0.491 e. The zero-order chi connectivity index (χ0) is 17.6. The molecule has 5 heteroatoms. The molecule has 1 aliphatic rings. The van der Waals surface area contributed by atoms with Crippen molar-refractivity contribution in [2.24, 2.45) is 0 Å². The molecule has 0 aromatic heterocycles. The Morgan fingerprint density at radius 3 is 2.62 bits per heavy atom. The highest BCUT2D eigenvalue weighted by Gasteiger charge is 2.40. The van der Waals surface area contributed by atoms with Gasteiger partial charge in [0.1, 0.15) is 17.4 Å². The Balaban J connectivity index is 2.19. The molecule has 5 nitrogen and oxygen atoms in total. The standard InChI is InChI=1S/C19H26N2O3/c1-4-23-19(10-6-5-7-11-19)18(22)21-17-9-8-16(24-14(2)3)12-15(17)13-20/h8-9,12,14H,4-7,10-11H2,1-3H3,(H,21,22). The van der Waals surface area contributed by atoms with Crippen molar-refractivity contribution in [1.29, 1.82) is 5.26 Å². The van der Waals surface area contributed by atoms with Gasteiger partial charge in [-0.1, -0.05) is 19.3 Å². The first-order valence-electron chi connectivity index (χ1n) is 8.67. The Bertz CT molecular complexity index is 608. The van der Waals surface area contributed by atoms with Crippen molar-refractivity contribution in [2.75, 3.05) is 11.9 Å². The molecule has 0 aliphatic heterocycles. The highest BCUT2D eigenvalue weighted by atomic mass is 16.5. The number of amides is 1. The number of nitriles is 1. The first kappa shape index (κ1) is 18.3. The molecule has 1 N–H and O–H groups in total. The minimum Gasteiger partial charge on any atom is -0.491 e. The molecule has 0 saturated heterocycles. The van der Waals surface area contributed by atoms with Gasteiger partial charge in [0.25, 0.3) is 5.91 Å². The molecule has 1 amide bonds. The van der Waals surface area contributed by atoms with E-state index in [9.17, 15) is 10.1 Å². The number of ether oxygens (including phenoxy) is 2. The van der Waals surface area contributed by atoms with Crippen LogP contribution in [-0.4, -0.2) is 24.2 Å². The Kier molecular flexibility index (Phi) is 6.22. The molecule has 0 unspecified atom stereocenters. The van der Waals surface area contributed by atoms with Gasteiger partial charge in [-0.15, -0.1) is 0 Å². The summed E-state index contributed by atoms with van der Waals surface area (Å²) in [4.78, 5) is 12.8. The van der Waals surface area contributed by atoms with Crippen molar-refractivity contribution in [3.05, 3.63) is 23.8 Å². The van der Waals surface area contributed by atoms with Crippen molar-refractivity contribution in [3.63, 3.8) is 0 Å². The van der Waals surface area contributed by atoms with Crippen LogP contribution in [0.5, 0.6) is 5.75 Å². The second-order valence-corrected chi connectivity index (χ2v) is 6.43. The molecule has 0 heterocycles. The number of hydrogen-bond acceptors (Lipinski definition) is 4. The maximum Gasteiger partial charge on any atom is 0.256 e. The third kappa shape index (κ3) is 4.27. The molecule has 24 heavy (non-hydrogen) atoms. The average molecular weight is 330 g/mol. The van der Waals surface area contributed by atoms with Crippen LogP contribution in [0.4, 0.5) is 5.69 Å². The second-order valence-electron chi connectivity index (χ2n) is 6.43. The SMILES string of the molecule is CCOC1(C(=O)Nc2ccc(OC(C)C)cc2C#N)CCCCC1. The third-order valence-corrected chi connectivity index (χ3v) is 4.23. The minimum atomic E-state index is -0.771. The number of rotatable bonds is 6. The van der Waals surface area contributed by atoms with E-state index in [0.29, 0.717) is 23.6 Å². The summed E-state index contributed by atoms with van der Waals surface area (Å²) in [6, 6.07) is 7.27. The maximum absolute atomic E-state index is 12.8. The topological polar surface area (TPSA) is 71.3 Å². The number of anilines is 1. The van der Waals surface area contributed by atoms with Crippen molar-refractivity contribution in [3.8, 4) is 11.8 Å². The van der Waals surface area contributed by atoms with Gasteiger partial charge in [0, 0.05) is 12.7 Å². The summed E-state index contributed by atoms with van der Waals surface area (Å²) in [5.74, 6) is 0.467. The molecule has 1 aromatic carbocycles. The van der Waals surface area contributed by atoms with Crippen LogP contribution in [-0.2, 0) is 9.53 Å². The summed E-state index contributed by atoms with van der Waals surface area (Å²) in [6.07, 6.45) is 4.58. The highest BCUT2D eigenvalue weighted by Crippen LogP contribution is 2.33. The van der Waals surface area contributed by atoms with E-state index >= 15 is 0 Å². The van der Waals surface area contributed by atoms with Gasteiger partial charge in [0.2, 0.25) is 0 Å². The fourth-order valence-electron chi connectivity index (χ4n) is 3.14. The van der Waals surface area contributed by atoms with E-state index in [1.165, 1.54) is 0 Å². The molecule has 1 saturated carbocycles. The van der Waals surface area contributed by atoms with Crippen LogP contribution >= 0.6 is 0 Å². The summed E-state index contributed by atoms with van der Waals surface area (Å²) in [7, 11) is 0. The number of carbonyl (C=O) groups is 1. The molecule has 130 valence electrons. The zero-order valence-corrected chi connectivity index (χ0v) is 14.7. The van der Waals surface area contributed by atoms with Crippen LogP contribution in [0.3, 0.4) is 0 Å². The Hall–Kier alpha value is -2.06. The van der Waals surface area contributed by atoms with Crippen molar-refractivity contribution < 1.29 is 14.3 Å². The molecule has 0 spiro atoms. The molecular formula is C19H26N2O3. The molecular weight excluding hydrogens is 304 g/mol. The van der Waals surface area contributed by atoms with E-state index < -0.39 is 5.60 Å². The third-order valence-electron chi connectivity index (χ3n) is 4.23. The molecule has 0 radical (unpaired) electrons. The van der Waals surface area contributed by atoms with Gasteiger partial charge in [-0.3, -0.25) is 4.79 Å². The minimum absolute atomic E-state index is 0.0282. The van der Waals surface area contributed by atoms with Gasteiger partial charge in [-0.2, -0.15) is 5.26 Å². The van der Waals surface area contributed by atoms with Crippen molar-refractivity contribution in [1.82, 2.24) is 0 Å². The number of benzene rings is 1. The van der Waals surface area contributed by atoms with Gasteiger partial charge >= 0.3 is 0 Å². The first-order chi connectivity index (χ1) is 11.5. The van der Waals surface area contributed by atoms with Crippen LogP contribution in [0.2, 0.25) is 0 Å². The van der Waals surface area contributed by atoms with Crippen LogP contribution < -0.4 is 10.1 Å². The Morgan fingerprint density at radius 2 is 2.04 bits per heavy atom. The molecule has 1 aromatic rings. The van der Waals surface area contributed by atoms with Gasteiger partial charge in [-0.05, 0) is 45.7 Å². The number of carbonyl (C=O) groups excluding carboxylic acids is 1. The zero-order valence-electron chi connectivity index (χ0n) is 14.7. The van der Waals surface area contributed by atoms with E-state index in [1.807, 2.05) is 20.8 Å². The molecule has 1 aliphatic carbocycles. The van der Waals surface area contributed by atoms with E-state index in [1.54, 1.807) is 18.2 Å². The summed E-state index contributed by atoms with van der Waals surface area (Å²) in [5.41, 5.74) is 0.125. The molecule has 0 atom stereocenters. The molecule has 0 bridgehead atoms. The van der Waals surface area contributed by atoms with Gasteiger partial charge in [-0.25, -0.2) is 0 Å². The van der Waals surface area contributed by atoms with Gasteiger partial charge < -0.3 is 14.8 Å². The summed E-state index contributed by atoms with van der Waals surface area (Å²) in [5, 5.41) is 12.3. The lowest BCUT2D eigenvalue weighted by Crippen LogP contribution is -2.47. The molecule has 1 fully saturated rings. The van der Waals surface area contributed by atoms with Crippen LogP contribution in [0.25, 0.3) is 0 Å². The highest BCUT2D eigenvalue weighted by molar-refractivity contribution is 5.98. The van der Waals surface area contributed by atoms with E-state index in [-0.39, 0.29) is 12.0 Å². The summed E-state index contributed by atoms with van der Waals surface area (Å²) >= 11 is 0. The lowest BCUT2D eigenvalue weighted by atomic mass is 9.83. The quantitative estimate of drug-likeness (QED) is 0.855. The van der Waals surface area contributed by atoms with Crippen LogP contribution in [0.1, 0.15) is 58.4 Å². The fraction of sp³-hybridized carbons (Fsp3) is 0.579. The lowest BCUT2D eigenvalue weighted by Gasteiger charge is -2.35. The smallest absolute Gasteiger partial charge is 0.256 e. The van der Waals surface area contributed by atoms with E-state index in [4.69, 9.17) is 9.47 Å². The Labute approximate surface area is 144 Å². The monoisotopic (exact) mass is 330 g/mol. The fourth-order valence-corrected chi connectivity index (χ4v) is 3.14. The summed E-state index contributed by atoms with van der Waals surface area (Å²) < 4.78 is 11.4. The number of hydrogen-bond donors (Lipinski definition) is 1. The second kappa shape index (κ2) is 8.16. The average Bonchev–Trinajstić information content (AvgIpc) is 2.56. The van der Waals surface area contributed by atoms with Crippen LogP contribution in [0.15, 0.2) is 18.2 Å². The Morgan fingerprint density at radius 1 is 1.33 bits per heavy atom. The lowest BCUT2D eigenvalue weighted by molar-refractivity contribution is -0.145. The summed E-state index contributed by atoms with van der Waals surface area (Å²) in [6.45, 7) is 6.26. The maximum atomic E-state index is 12.8. The van der Waals surface area contributed by atoms with Crippen molar-refractivity contribution in [2.45, 2.75) is 64.6 Å². The first-order valence-corrected chi connectivity index (χ1v) is 8.67. The van der Waals surface area contributed by atoms with Crippen LogP contribution in [0, 0.1) is 11.3 Å². The number of nitrogens with zero attached hydrogens (tertiary/aromatic N) is 1. The normalized spacial score (nSPS) is 16.5. The predicted molar refractivity (Wildman–Crippen MR) is 93.0 cm³/mol. The predicted octanol–water partition coefficient (Wildman–Crippen LogP) is 4.02. The van der Waals surface area contributed by atoms with Crippen molar-refractivity contribution >= 4 is 11.6 Å².